The summed E-state index contributed by atoms with van der Waals surface area (Å²) >= 11 is 0. The lowest BCUT2D eigenvalue weighted by Crippen LogP contribution is -2.41. The first-order valence-electron chi connectivity index (χ1n) is 10.6. The van der Waals surface area contributed by atoms with Gasteiger partial charge in [-0.3, -0.25) is 9.48 Å². The number of anilines is 2. The Morgan fingerprint density at radius 1 is 1.23 bits per heavy atom. The molecule has 5 rings (SSSR count). The van der Waals surface area contributed by atoms with E-state index in [1.54, 1.807) is 12.4 Å². The molecule has 8 heteroatoms. The van der Waals surface area contributed by atoms with Crippen LogP contribution in [0.3, 0.4) is 0 Å². The van der Waals surface area contributed by atoms with E-state index in [-0.39, 0.29) is 11.9 Å². The van der Waals surface area contributed by atoms with Crippen LogP contribution < -0.4 is 5.32 Å². The van der Waals surface area contributed by atoms with Gasteiger partial charge in [0.15, 0.2) is 0 Å². The molecule has 156 valence electrons. The van der Waals surface area contributed by atoms with Crippen molar-refractivity contribution in [2.45, 2.75) is 31.7 Å². The second-order valence-corrected chi connectivity index (χ2v) is 8.09. The molecule has 31 heavy (non-hydrogen) atoms. The third kappa shape index (κ3) is 4.12. The summed E-state index contributed by atoms with van der Waals surface area (Å²) in [5.41, 5.74) is 3.16. The van der Waals surface area contributed by atoms with Crippen LogP contribution in [0, 0.1) is 17.2 Å². The molecule has 8 nitrogen and oxygen atoms in total. The minimum absolute atomic E-state index is 0.0777. The summed E-state index contributed by atoms with van der Waals surface area (Å²) < 4.78 is 1.90. The molecule has 0 bridgehead atoms. The highest BCUT2D eigenvalue weighted by Crippen LogP contribution is 2.41. The third-order valence-corrected chi connectivity index (χ3v) is 5.89. The summed E-state index contributed by atoms with van der Waals surface area (Å²) in [5, 5.41) is 16.8. The SMILES string of the molecule is N#CCC(C1CC1)n1cc(-c2ccnc(Nc3ccc(C(=O)N4CCC4)cc3)n2)cn1. The van der Waals surface area contributed by atoms with E-state index in [4.69, 9.17) is 5.26 Å². The quantitative estimate of drug-likeness (QED) is 0.632. The lowest BCUT2D eigenvalue weighted by molar-refractivity contribution is 0.0652. The molecule has 1 atom stereocenters. The molecule has 1 unspecified atom stereocenters. The van der Waals surface area contributed by atoms with E-state index in [0.29, 0.717) is 23.9 Å². The number of benzene rings is 1. The van der Waals surface area contributed by atoms with E-state index >= 15 is 0 Å². The van der Waals surface area contributed by atoms with E-state index in [1.165, 1.54) is 0 Å². The van der Waals surface area contributed by atoms with Crippen molar-refractivity contribution in [1.29, 1.82) is 5.26 Å². The topological polar surface area (TPSA) is 99.7 Å². The molecule has 1 saturated carbocycles. The third-order valence-electron chi connectivity index (χ3n) is 5.89. The highest BCUT2D eigenvalue weighted by atomic mass is 16.2. The Kier molecular flexibility index (Phi) is 5.08. The van der Waals surface area contributed by atoms with Crippen LogP contribution in [-0.2, 0) is 0 Å². The first kappa shape index (κ1) is 19.2. The normalized spacial score (nSPS) is 16.3. The molecular weight excluding hydrogens is 390 g/mol. The minimum atomic E-state index is 0.0777. The molecule has 1 aromatic carbocycles. The predicted molar refractivity (Wildman–Crippen MR) is 115 cm³/mol. The minimum Gasteiger partial charge on any atom is -0.339 e. The van der Waals surface area contributed by atoms with Crippen LogP contribution in [0.5, 0.6) is 0 Å². The fraction of sp³-hybridized carbons (Fsp3) is 0.348. The van der Waals surface area contributed by atoms with Crippen LogP contribution in [0.15, 0.2) is 48.9 Å². The number of carbonyl (C=O) groups is 1. The van der Waals surface area contributed by atoms with Gasteiger partial charge in [-0.1, -0.05) is 0 Å². The molecule has 1 saturated heterocycles. The van der Waals surface area contributed by atoms with Gasteiger partial charge in [-0.15, -0.1) is 0 Å². The molecule has 3 heterocycles. The number of hydrogen-bond acceptors (Lipinski definition) is 6. The van der Waals surface area contributed by atoms with E-state index in [0.717, 1.165) is 49.3 Å². The number of carbonyl (C=O) groups excluding carboxylic acids is 1. The number of rotatable bonds is 7. The number of nitrogens with one attached hydrogen (secondary N) is 1. The molecule has 2 fully saturated rings. The predicted octanol–water partition coefficient (Wildman–Crippen LogP) is 3.79. The summed E-state index contributed by atoms with van der Waals surface area (Å²) in [6, 6.07) is 11.6. The van der Waals surface area contributed by atoms with Crippen molar-refractivity contribution >= 4 is 17.5 Å². The van der Waals surface area contributed by atoms with Crippen molar-refractivity contribution < 1.29 is 4.79 Å². The van der Waals surface area contributed by atoms with Crippen LogP contribution in [0.2, 0.25) is 0 Å². The van der Waals surface area contributed by atoms with Gasteiger partial charge in [-0.05, 0) is 55.5 Å². The van der Waals surface area contributed by atoms with Gasteiger partial charge >= 0.3 is 0 Å². The number of nitriles is 1. The fourth-order valence-corrected chi connectivity index (χ4v) is 3.81. The van der Waals surface area contributed by atoms with Gasteiger partial charge in [0.2, 0.25) is 5.95 Å². The number of aromatic nitrogens is 4. The maximum absolute atomic E-state index is 12.3. The maximum Gasteiger partial charge on any atom is 0.253 e. The molecule has 0 radical (unpaired) electrons. The van der Waals surface area contributed by atoms with Crippen molar-refractivity contribution in [3.8, 4) is 17.3 Å². The van der Waals surface area contributed by atoms with E-state index in [9.17, 15) is 4.79 Å². The molecule has 2 aliphatic rings. The lowest BCUT2D eigenvalue weighted by atomic mass is 10.1. The average Bonchev–Trinajstić information content (AvgIpc) is 3.47. The number of nitrogens with zero attached hydrogens (tertiary/aromatic N) is 6. The molecule has 3 aromatic rings. The van der Waals surface area contributed by atoms with Crippen molar-refractivity contribution in [1.82, 2.24) is 24.6 Å². The summed E-state index contributed by atoms with van der Waals surface area (Å²) in [4.78, 5) is 23.1. The highest BCUT2D eigenvalue weighted by Gasteiger charge is 2.33. The Hall–Kier alpha value is -3.73. The molecule has 0 spiro atoms. The average molecular weight is 413 g/mol. The second-order valence-electron chi connectivity index (χ2n) is 8.09. The van der Waals surface area contributed by atoms with Gasteiger partial charge in [-0.25, -0.2) is 9.97 Å². The van der Waals surface area contributed by atoms with E-state index in [2.05, 4.69) is 26.5 Å². The van der Waals surface area contributed by atoms with Gasteiger partial charge in [0.25, 0.3) is 5.91 Å². The van der Waals surface area contributed by atoms with E-state index in [1.807, 2.05) is 46.1 Å². The standard InChI is InChI=1S/C23H23N7O/c24-10-8-21(16-2-3-16)30-15-18(14-26-30)20-9-11-25-23(28-20)27-19-6-4-17(5-7-19)22(31)29-12-1-13-29/h4-7,9,11,14-16,21H,1-3,8,12-13H2,(H,25,27,28). The largest absolute Gasteiger partial charge is 0.339 e. The van der Waals surface area contributed by atoms with Crippen molar-refractivity contribution in [3.05, 3.63) is 54.5 Å². The van der Waals surface area contributed by atoms with Crippen LogP contribution in [0.4, 0.5) is 11.6 Å². The first-order chi connectivity index (χ1) is 15.2. The Balaban J connectivity index is 1.29. The van der Waals surface area contributed by atoms with Gasteiger partial charge in [0.1, 0.15) is 0 Å². The monoisotopic (exact) mass is 413 g/mol. The number of amides is 1. The molecule has 1 N–H and O–H groups in total. The molecule has 1 aliphatic carbocycles. The zero-order valence-corrected chi connectivity index (χ0v) is 17.1. The van der Waals surface area contributed by atoms with Crippen LogP contribution in [0.1, 0.15) is 42.1 Å². The number of hydrogen-bond donors (Lipinski definition) is 1. The van der Waals surface area contributed by atoms with Crippen LogP contribution in [-0.4, -0.2) is 43.6 Å². The molecule has 2 aromatic heterocycles. The molecule has 1 aliphatic heterocycles. The van der Waals surface area contributed by atoms with E-state index < -0.39 is 0 Å². The van der Waals surface area contributed by atoms with Gasteiger partial charge in [-0.2, -0.15) is 10.4 Å². The lowest BCUT2D eigenvalue weighted by Gasteiger charge is -2.30. The first-order valence-corrected chi connectivity index (χ1v) is 10.6. The summed E-state index contributed by atoms with van der Waals surface area (Å²) in [7, 11) is 0. The maximum atomic E-state index is 12.3. The smallest absolute Gasteiger partial charge is 0.253 e. The fourth-order valence-electron chi connectivity index (χ4n) is 3.81. The van der Waals surface area contributed by atoms with Gasteiger partial charge < -0.3 is 10.2 Å². The Morgan fingerprint density at radius 2 is 2.03 bits per heavy atom. The summed E-state index contributed by atoms with van der Waals surface area (Å²) in [6.45, 7) is 1.68. The van der Waals surface area contributed by atoms with Crippen LogP contribution in [0.25, 0.3) is 11.3 Å². The Bertz CT molecular complexity index is 1120. The van der Waals surface area contributed by atoms with Crippen LogP contribution >= 0.6 is 0 Å². The Morgan fingerprint density at radius 3 is 2.71 bits per heavy atom. The zero-order valence-electron chi connectivity index (χ0n) is 17.1. The molecular formula is C23H23N7O. The molecule has 1 amide bonds. The zero-order chi connectivity index (χ0) is 21.2. The van der Waals surface area contributed by atoms with Crippen molar-refractivity contribution in [2.24, 2.45) is 5.92 Å². The summed E-state index contributed by atoms with van der Waals surface area (Å²) in [6.07, 6.45) is 9.32. The van der Waals surface area contributed by atoms with Gasteiger partial charge in [0.05, 0.1) is 30.4 Å². The Labute approximate surface area is 180 Å². The van der Waals surface area contributed by atoms with Crippen molar-refractivity contribution in [2.75, 3.05) is 18.4 Å². The number of likely N-dealkylation sites (tertiary alicyclic amines) is 1. The van der Waals surface area contributed by atoms with Crippen molar-refractivity contribution in [3.63, 3.8) is 0 Å². The van der Waals surface area contributed by atoms with Gasteiger partial charge in [0, 0.05) is 42.3 Å². The second kappa shape index (κ2) is 8.19. The highest BCUT2D eigenvalue weighted by molar-refractivity contribution is 5.95. The summed E-state index contributed by atoms with van der Waals surface area (Å²) in [5.74, 6) is 1.10.